The SMILES string of the molecule is COc1ccc(-n2c(CSc3ncccn3)nnc2SCC(=O)NO)cc1. The number of carbonyl (C=O) groups is 1. The maximum Gasteiger partial charge on any atom is 0.253 e. The molecular weight excluding hydrogens is 388 g/mol. The molecule has 0 unspecified atom stereocenters. The number of amides is 1. The van der Waals surface area contributed by atoms with Gasteiger partial charge in [-0.2, -0.15) is 0 Å². The van der Waals surface area contributed by atoms with Crippen molar-refractivity contribution in [1.82, 2.24) is 30.2 Å². The zero-order chi connectivity index (χ0) is 19.1. The van der Waals surface area contributed by atoms with Gasteiger partial charge >= 0.3 is 0 Å². The van der Waals surface area contributed by atoms with Crippen molar-refractivity contribution in [2.24, 2.45) is 0 Å². The normalized spacial score (nSPS) is 10.6. The van der Waals surface area contributed by atoms with Crippen molar-refractivity contribution >= 4 is 29.4 Å². The Bertz CT molecular complexity index is 889. The van der Waals surface area contributed by atoms with E-state index in [9.17, 15) is 4.79 Å². The summed E-state index contributed by atoms with van der Waals surface area (Å²) in [7, 11) is 1.60. The summed E-state index contributed by atoms with van der Waals surface area (Å²) in [6, 6.07) is 9.19. The minimum Gasteiger partial charge on any atom is -0.497 e. The highest BCUT2D eigenvalue weighted by Crippen LogP contribution is 2.26. The van der Waals surface area contributed by atoms with Crippen LogP contribution in [0.5, 0.6) is 5.75 Å². The molecule has 9 nitrogen and oxygen atoms in total. The second kappa shape index (κ2) is 9.35. The fourth-order valence-electron chi connectivity index (χ4n) is 2.13. The monoisotopic (exact) mass is 404 g/mol. The van der Waals surface area contributed by atoms with Gasteiger partial charge in [0.25, 0.3) is 5.91 Å². The number of rotatable bonds is 8. The molecule has 0 aliphatic heterocycles. The van der Waals surface area contributed by atoms with Gasteiger partial charge in [-0.15, -0.1) is 10.2 Å². The van der Waals surface area contributed by atoms with Crippen LogP contribution in [0.25, 0.3) is 5.69 Å². The third kappa shape index (κ3) is 4.96. The number of nitrogens with one attached hydrogen (secondary N) is 1. The number of carbonyl (C=O) groups excluding carboxylic acids is 1. The summed E-state index contributed by atoms with van der Waals surface area (Å²) in [5, 5.41) is 18.3. The van der Waals surface area contributed by atoms with Crippen LogP contribution in [0.4, 0.5) is 0 Å². The zero-order valence-electron chi connectivity index (χ0n) is 14.3. The van der Waals surface area contributed by atoms with Gasteiger partial charge in [-0.3, -0.25) is 14.6 Å². The van der Waals surface area contributed by atoms with E-state index in [2.05, 4.69) is 20.2 Å². The highest BCUT2D eigenvalue weighted by Gasteiger charge is 2.16. The Labute approximate surface area is 163 Å². The Kier molecular flexibility index (Phi) is 6.63. The predicted octanol–water partition coefficient (Wildman–Crippen LogP) is 1.96. The molecule has 0 fully saturated rings. The van der Waals surface area contributed by atoms with Crippen LogP contribution in [0, 0.1) is 0 Å². The Hall–Kier alpha value is -2.63. The maximum absolute atomic E-state index is 11.4. The number of hydrogen-bond acceptors (Lipinski definition) is 9. The van der Waals surface area contributed by atoms with E-state index in [1.807, 2.05) is 28.8 Å². The van der Waals surface area contributed by atoms with Crippen LogP contribution in [0.3, 0.4) is 0 Å². The lowest BCUT2D eigenvalue weighted by Crippen LogP contribution is -2.20. The molecule has 140 valence electrons. The lowest BCUT2D eigenvalue weighted by Gasteiger charge is -2.10. The number of ether oxygens (including phenoxy) is 1. The van der Waals surface area contributed by atoms with Crippen molar-refractivity contribution in [3.8, 4) is 11.4 Å². The molecule has 0 atom stereocenters. The number of thioether (sulfide) groups is 2. The van der Waals surface area contributed by atoms with Crippen molar-refractivity contribution < 1.29 is 14.7 Å². The molecule has 0 saturated carbocycles. The first-order valence-corrected chi connectivity index (χ1v) is 9.72. The number of methoxy groups -OCH3 is 1. The molecule has 0 radical (unpaired) electrons. The van der Waals surface area contributed by atoms with Gasteiger partial charge in [0.2, 0.25) is 0 Å². The molecule has 1 amide bonds. The molecule has 0 saturated heterocycles. The molecule has 1 aromatic carbocycles. The van der Waals surface area contributed by atoms with Gasteiger partial charge in [-0.05, 0) is 30.3 Å². The topological polar surface area (TPSA) is 115 Å². The third-order valence-electron chi connectivity index (χ3n) is 3.36. The summed E-state index contributed by atoms with van der Waals surface area (Å²) >= 11 is 2.61. The highest BCUT2D eigenvalue weighted by atomic mass is 32.2. The molecule has 27 heavy (non-hydrogen) atoms. The van der Waals surface area contributed by atoms with Crippen molar-refractivity contribution in [2.75, 3.05) is 12.9 Å². The van der Waals surface area contributed by atoms with E-state index in [-0.39, 0.29) is 5.75 Å². The summed E-state index contributed by atoms with van der Waals surface area (Å²) in [5.41, 5.74) is 2.44. The number of hydrogen-bond donors (Lipinski definition) is 2. The molecule has 0 bridgehead atoms. The van der Waals surface area contributed by atoms with Gasteiger partial charge in [0, 0.05) is 18.1 Å². The van der Waals surface area contributed by atoms with Crippen molar-refractivity contribution in [3.05, 3.63) is 48.5 Å². The van der Waals surface area contributed by atoms with Crippen LogP contribution < -0.4 is 10.2 Å². The van der Waals surface area contributed by atoms with Crippen LogP contribution in [0.15, 0.2) is 53.0 Å². The maximum atomic E-state index is 11.4. The third-order valence-corrected chi connectivity index (χ3v) is 5.16. The first-order valence-electron chi connectivity index (χ1n) is 7.75. The zero-order valence-corrected chi connectivity index (χ0v) is 15.9. The fourth-order valence-corrected chi connectivity index (χ4v) is 3.61. The lowest BCUT2D eigenvalue weighted by molar-refractivity contribution is -0.126. The molecule has 0 spiro atoms. The first kappa shape index (κ1) is 19.1. The average molecular weight is 404 g/mol. The van der Waals surface area contributed by atoms with Crippen molar-refractivity contribution in [3.63, 3.8) is 0 Å². The van der Waals surface area contributed by atoms with Crippen molar-refractivity contribution in [1.29, 1.82) is 0 Å². The minimum absolute atomic E-state index is 0.0136. The van der Waals surface area contributed by atoms with E-state index in [1.54, 1.807) is 31.0 Å². The van der Waals surface area contributed by atoms with Crippen LogP contribution in [-0.4, -0.2) is 48.7 Å². The van der Waals surface area contributed by atoms with Gasteiger partial charge in [-0.1, -0.05) is 23.5 Å². The molecule has 2 heterocycles. The van der Waals surface area contributed by atoms with Gasteiger partial charge in [-0.25, -0.2) is 15.4 Å². The largest absolute Gasteiger partial charge is 0.497 e. The molecular formula is C16H16N6O3S2. The summed E-state index contributed by atoms with van der Waals surface area (Å²) in [5.74, 6) is 1.41. The molecule has 2 N–H and O–H groups in total. The Morgan fingerprint density at radius 1 is 1.19 bits per heavy atom. The van der Waals surface area contributed by atoms with Crippen LogP contribution in [0.1, 0.15) is 5.82 Å². The number of aromatic nitrogens is 5. The number of hydroxylamine groups is 1. The standard InChI is InChI=1S/C16H16N6O3S2/c1-25-12-5-3-11(4-6-12)22-13(9-26-15-17-7-2-8-18-15)19-20-16(22)27-10-14(23)21-24/h2-8,24H,9-10H2,1H3,(H,21,23). The second-order valence-electron chi connectivity index (χ2n) is 5.08. The summed E-state index contributed by atoms with van der Waals surface area (Å²) in [6.07, 6.45) is 3.36. The summed E-state index contributed by atoms with van der Waals surface area (Å²) in [6.45, 7) is 0. The van der Waals surface area contributed by atoms with Gasteiger partial charge in [0.05, 0.1) is 18.6 Å². The van der Waals surface area contributed by atoms with E-state index in [0.29, 0.717) is 21.9 Å². The average Bonchev–Trinajstić information content (AvgIpc) is 3.14. The van der Waals surface area contributed by atoms with Gasteiger partial charge in [0.15, 0.2) is 10.3 Å². The molecule has 2 aromatic heterocycles. The molecule has 0 aliphatic carbocycles. The minimum atomic E-state index is -0.516. The van der Waals surface area contributed by atoms with E-state index >= 15 is 0 Å². The Morgan fingerprint density at radius 3 is 2.59 bits per heavy atom. The number of nitrogens with zero attached hydrogens (tertiary/aromatic N) is 5. The van der Waals surface area contributed by atoms with E-state index < -0.39 is 5.91 Å². The van der Waals surface area contributed by atoms with E-state index in [1.165, 1.54) is 23.5 Å². The Morgan fingerprint density at radius 2 is 1.93 bits per heavy atom. The fraction of sp³-hybridized carbons (Fsp3) is 0.188. The molecule has 3 rings (SSSR count). The van der Waals surface area contributed by atoms with Crippen LogP contribution in [0.2, 0.25) is 0 Å². The summed E-state index contributed by atoms with van der Waals surface area (Å²) < 4.78 is 7.05. The van der Waals surface area contributed by atoms with E-state index in [4.69, 9.17) is 9.94 Å². The molecule has 3 aromatic rings. The Balaban J connectivity index is 1.87. The van der Waals surface area contributed by atoms with Crippen molar-refractivity contribution in [2.45, 2.75) is 16.1 Å². The molecule has 11 heteroatoms. The first-order chi connectivity index (χ1) is 13.2. The summed E-state index contributed by atoms with van der Waals surface area (Å²) in [4.78, 5) is 19.7. The lowest BCUT2D eigenvalue weighted by atomic mass is 10.3. The molecule has 0 aliphatic rings. The highest BCUT2D eigenvalue weighted by molar-refractivity contribution is 7.99. The predicted molar refractivity (Wildman–Crippen MR) is 100 cm³/mol. The number of benzene rings is 1. The van der Waals surface area contributed by atoms with E-state index in [0.717, 1.165) is 11.4 Å². The van der Waals surface area contributed by atoms with Crippen LogP contribution >= 0.6 is 23.5 Å². The van der Waals surface area contributed by atoms with Crippen LogP contribution in [-0.2, 0) is 10.5 Å². The smallest absolute Gasteiger partial charge is 0.253 e. The second-order valence-corrected chi connectivity index (χ2v) is 6.96. The van der Waals surface area contributed by atoms with Gasteiger partial charge in [0.1, 0.15) is 11.6 Å². The van der Waals surface area contributed by atoms with Gasteiger partial charge < -0.3 is 4.74 Å². The quantitative estimate of drug-likeness (QED) is 0.251.